The van der Waals surface area contributed by atoms with Crippen LogP contribution >= 0.6 is 11.3 Å². The number of hydrogen-bond donors (Lipinski definition) is 3. The molecule has 0 amide bonds. The van der Waals surface area contributed by atoms with Gasteiger partial charge in [0.2, 0.25) is 0 Å². The molecule has 2 atom stereocenters. The zero-order chi connectivity index (χ0) is 22.9. The highest BCUT2D eigenvalue weighted by Gasteiger charge is 2.35. The minimum atomic E-state index is -0.892. The van der Waals surface area contributed by atoms with Gasteiger partial charge in [-0.2, -0.15) is 0 Å². The maximum absolute atomic E-state index is 11.5. The number of likely N-dealkylation sites (tertiary alicyclic amines) is 1. The summed E-state index contributed by atoms with van der Waals surface area (Å²) >= 11 is 1.61. The molecule has 1 fully saturated rings. The topological polar surface area (TPSA) is 85.7 Å². The van der Waals surface area contributed by atoms with Crippen molar-refractivity contribution in [3.8, 4) is 11.1 Å². The van der Waals surface area contributed by atoms with Crippen LogP contribution in [0.25, 0.3) is 21.3 Å². The standard InChI is InChI=1S/C26H25N3O3S/c1-16-20(18-6-3-2-4-7-18)8-5-9-21(16)28-22-15-33-24-10-17(12-27-25(22)24)13-29-14-19(30)11-23(29)26(31)32/h2-10,12,15,19,23,28,30H,11,13-14H2,1H3,(H,31,32)/t19-,23-/m0/s1. The summed E-state index contributed by atoms with van der Waals surface area (Å²) in [6.07, 6.45) is 1.46. The summed E-state index contributed by atoms with van der Waals surface area (Å²) < 4.78 is 1.04. The van der Waals surface area contributed by atoms with Gasteiger partial charge in [-0.15, -0.1) is 11.3 Å². The van der Waals surface area contributed by atoms with Crippen molar-refractivity contribution in [3.63, 3.8) is 0 Å². The number of anilines is 2. The number of nitrogens with zero attached hydrogens (tertiary/aromatic N) is 2. The van der Waals surface area contributed by atoms with Crippen LogP contribution in [0.15, 0.2) is 66.2 Å². The van der Waals surface area contributed by atoms with Crippen LogP contribution in [0.5, 0.6) is 0 Å². The molecule has 2 aromatic carbocycles. The van der Waals surface area contributed by atoms with Crippen molar-refractivity contribution in [1.29, 1.82) is 0 Å². The molecule has 4 aromatic rings. The number of aliphatic carboxylic acids is 1. The fraction of sp³-hybridized carbons (Fsp3) is 0.231. The third kappa shape index (κ3) is 4.35. The highest BCUT2D eigenvalue weighted by molar-refractivity contribution is 7.17. The number of nitrogens with one attached hydrogen (secondary N) is 1. The van der Waals surface area contributed by atoms with Gasteiger partial charge in [-0.05, 0) is 41.3 Å². The average molecular weight is 460 g/mol. The monoisotopic (exact) mass is 459 g/mol. The number of hydrogen-bond acceptors (Lipinski definition) is 6. The number of carbonyl (C=O) groups is 1. The first kappa shape index (κ1) is 21.6. The van der Waals surface area contributed by atoms with Gasteiger partial charge in [0.25, 0.3) is 0 Å². The molecule has 1 aliphatic rings. The molecule has 3 heterocycles. The first-order valence-corrected chi connectivity index (χ1v) is 11.8. The van der Waals surface area contributed by atoms with E-state index < -0.39 is 18.1 Å². The summed E-state index contributed by atoms with van der Waals surface area (Å²) in [4.78, 5) is 18.0. The summed E-state index contributed by atoms with van der Waals surface area (Å²) in [5.41, 5.74) is 7.38. The van der Waals surface area contributed by atoms with Crippen LogP contribution in [0.3, 0.4) is 0 Å². The van der Waals surface area contributed by atoms with Gasteiger partial charge in [0.05, 0.1) is 16.5 Å². The van der Waals surface area contributed by atoms with E-state index in [1.807, 2.05) is 18.2 Å². The van der Waals surface area contributed by atoms with Crippen LogP contribution < -0.4 is 5.32 Å². The molecule has 3 N–H and O–H groups in total. The molecule has 0 unspecified atom stereocenters. The smallest absolute Gasteiger partial charge is 0.321 e. The lowest BCUT2D eigenvalue weighted by molar-refractivity contribution is -0.142. The van der Waals surface area contributed by atoms with Crippen LogP contribution in [0.4, 0.5) is 11.4 Å². The molecule has 1 saturated heterocycles. The molecule has 5 rings (SSSR count). The van der Waals surface area contributed by atoms with Crippen LogP contribution in [0.1, 0.15) is 17.5 Å². The minimum absolute atomic E-state index is 0.263. The van der Waals surface area contributed by atoms with Crippen molar-refractivity contribution >= 4 is 38.9 Å². The highest BCUT2D eigenvalue weighted by Crippen LogP contribution is 2.35. The van der Waals surface area contributed by atoms with Crippen molar-refractivity contribution in [2.45, 2.75) is 32.0 Å². The second-order valence-corrected chi connectivity index (χ2v) is 9.39. The van der Waals surface area contributed by atoms with Gasteiger partial charge in [0.15, 0.2) is 0 Å². The Morgan fingerprint density at radius 2 is 2.00 bits per heavy atom. The molecule has 0 bridgehead atoms. The number of carboxylic acid groups (broad SMARTS) is 1. The van der Waals surface area contributed by atoms with Gasteiger partial charge >= 0.3 is 5.97 Å². The number of aliphatic hydroxyl groups is 1. The third-order valence-corrected chi connectivity index (χ3v) is 7.13. The van der Waals surface area contributed by atoms with Crippen LogP contribution in [-0.2, 0) is 11.3 Å². The Bertz CT molecular complexity index is 1300. The average Bonchev–Trinajstić information content (AvgIpc) is 3.38. The lowest BCUT2D eigenvalue weighted by Gasteiger charge is -2.20. The zero-order valence-electron chi connectivity index (χ0n) is 18.2. The van der Waals surface area contributed by atoms with E-state index in [1.54, 1.807) is 22.4 Å². The maximum Gasteiger partial charge on any atom is 0.321 e. The van der Waals surface area contributed by atoms with Crippen LogP contribution in [0.2, 0.25) is 0 Å². The molecular weight excluding hydrogens is 434 g/mol. The van der Waals surface area contributed by atoms with E-state index in [0.717, 1.165) is 27.2 Å². The minimum Gasteiger partial charge on any atom is -0.480 e. The Balaban J connectivity index is 1.38. The van der Waals surface area contributed by atoms with Gasteiger partial charge < -0.3 is 15.5 Å². The molecule has 33 heavy (non-hydrogen) atoms. The Kier molecular flexibility index (Phi) is 5.85. The molecule has 0 spiro atoms. The second kappa shape index (κ2) is 8.94. The largest absolute Gasteiger partial charge is 0.480 e. The maximum atomic E-state index is 11.5. The number of rotatable bonds is 6. The third-order valence-electron chi connectivity index (χ3n) is 6.21. The van der Waals surface area contributed by atoms with Crippen LogP contribution in [-0.4, -0.2) is 44.8 Å². The molecule has 7 heteroatoms. The van der Waals surface area contributed by atoms with Gasteiger partial charge in [0.1, 0.15) is 11.6 Å². The first-order chi connectivity index (χ1) is 16.0. The van der Waals surface area contributed by atoms with Gasteiger partial charge in [-0.3, -0.25) is 14.7 Å². The van der Waals surface area contributed by atoms with Crippen molar-refractivity contribution in [2.75, 3.05) is 11.9 Å². The van der Waals surface area contributed by atoms with Crippen molar-refractivity contribution in [3.05, 3.63) is 77.3 Å². The lowest BCUT2D eigenvalue weighted by atomic mass is 9.99. The van der Waals surface area contributed by atoms with E-state index in [4.69, 9.17) is 0 Å². The Morgan fingerprint density at radius 1 is 1.18 bits per heavy atom. The molecule has 0 radical (unpaired) electrons. The summed E-state index contributed by atoms with van der Waals surface area (Å²) in [7, 11) is 0. The number of fused-ring (bicyclic) bond motifs is 1. The summed E-state index contributed by atoms with van der Waals surface area (Å²) in [6, 6.07) is 18.0. The van der Waals surface area contributed by atoms with E-state index in [-0.39, 0.29) is 6.42 Å². The summed E-state index contributed by atoms with van der Waals surface area (Å²) in [5.74, 6) is -0.892. The molecule has 6 nitrogen and oxygen atoms in total. The molecule has 1 aliphatic heterocycles. The number of thiophene rings is 1. The quantitative estimate of drug-likeness (QED) is 0.375. The molecule has 2 aromatic heterocycles. The zero-order valence-corrected chi connectivity index (χ0v) is 19.0. The predicted molar refractivity (Wildman–Crippen MR) is 132 cm³/mol. The van der Waals surface area contributed by atoms with Crippen LogP contribution in [0, 0.1) is 6.92 Å². The number of pyridine rings is 1. The van der Waals surface area contributed by atoms with E-state index in [0.29, 0.717) is 13.1 Å². The van der Waals surface area contributed by atoms with E-state index in [9.17, 15) is 15.0 Å². The lowest BCUT2D eigenvalue weighted by Crippen LogP contribution is -2.35. The summed E-state index contributed by atoms with van der Waals surface area (Å²) in [6.45, 7) is 2.94. The Labute approximate surface area is 196 Å². The normalized spacial score (nSPS) is 18.6. The van der Waals surface area contributed by atoms with E-state index in [1.165, 1.54) is 16.7 Å². The number of β-amino-alcohol motifs (C(OH)–C–C–N with tert-alkyl or cyclic N) is 1. The van der Waals surface area contributed by atoms with E-state index in [2.05, 4.69) is 59.0 Å². The summed E-state index contributed by atoms with van der Waals surface area (Å²) in [5, 5.41) is 25.0. The van der Waals surface area contributed by atoms with Gasteiger partial charge in [-0.25, -0.2) is 0 Å². The first-order valence-electron chi connectivity index (χ1n) is 10.9. The van der Waals surface area contributed by atoms with E-state index >= 15 is 0 Å². The Morgan fingerprint density at radius 3 is 2.79 bits per heavy atom. The Hall–Kier alpha value is -3.26. The number of benzene rings is 2. The molecule has 0 saturated carbocycles. The van der Waals surface area contributed by atoms with Crippen molar-refractivity contribution in [2.24, 2.45) is 0 Å². The number of aliphatic hydroxyl groups excluding tert-OH is 1. The van der Waals surface area contributed by atoms with Gasteiger partial charge in [0, 0.05) is 36.8 Å². The predicted octanol–water partition coefficient (Wildman–Crippen LogP) is 5.04. The fourth-order valence-electron chi connectivity index (χ4n) is 4.52. The second-order valence-electron chi connectivity index (χ2n) is 8.48. The fourth-order valence-corrected chi connectivity index (χ4v) is 5.43. The number of carboxylic acids is 1. The molecular formula is C26H25N3O3S. The number of aromatic nitrogens is 1. The highest BCUT2D eigenvalue weighted by atomic mass is 32.1. The SMILES string of the molecule is Cc1c(Nc2csc3cc(CN4C[C@@H](O)C[C@H]4C(=O)O)cnc23)cccc1-c1ccccc1. The molecule has 168 valence electrons. The molecule has 0 aliphatic carbocycles. The van der Waals surface area contributed by atoms with Gasteiger partial charge in [-0.1, -0.05) is 42.5 Å². The van der Waals surface area contributed by atoms with Crippen molar-refractivity contribution < 1.29 is 15.0 Å². The van der Waals surface area contributed by atoms with Crippen molar-refractivity contribution in [1.82, 2.24) is 9.88 Å².